The molecular weight excluding hydrogens is 107 g/mol. The molecule has 0 heterocycles. The van der Waals surface area contributed by atoms with Crippen molar-refractivity contribution in [1.29, 1.82) is 0 Å². The molecule has 0 saturated carbocycles. The lowest BCUT2D eigenvalue weighted by Crippen LogP contribution is -1.72. The van der Waals surface area contributed by atoms with Crippen molar-refractivity contribution in [2.24, 2.45) is 0 Å². The van der Waals surface area contributed by atoms with Crippen molar-refractivity contribution in [3.8, 4) is 0 Å². The Kier molecular flexibility index (Phi) is 3.37. The SMILES string of the molecule is COO[PH](=O)O. The van der Waals surface area contributed by atoms with E-state index in [0.29, 0.717) is 0 Å². The standard InChI is InChI=1S/CH5O4P/c1-4-5-6(2)3/h6H,1H3,(H,2,3). The molecule has 1 unspecified atom stereocenters. The summed E-state index contributed by atoms with van der Waals surface area (Å²) in [4.78, 5) is 11.5. The second-order valence-corrected chi connectivity index (χ2v) is 1.21. The van der Waals surface area contributed by atoms with E-state index in [9.17, 15) is 4.57 Å². The normalized spacial score (nSPS) is 14.3. The maximum absolute atomic E-state index is 9.44. The summed E-state index contributed by atoms with van der Waals surface area (Å²) in [7, 11) is -1.69. The van der Waals surface area contributed by atoms with E-state index in [0.717, 1.165) is 0 Å². The van der Waals surface area contributed by atoms with E-state index in [1.165, 1.54) is 7.11 Å². The highest BCUT2D eigenvalue weighted by molar-refractivity contribution is 7.31. The van der Waals surface area contributed by atoms with Crippen LogP contribution in [0.4, 0.5) is 0 Å². The van der Waals surface area contributed by atoms with Crippen LogP contribution in [0.15, 0.2) is 0 Å². The summed E-state index contributed by atoms with van der Waals surface area (Å²) >= 11 is 0. The minimum absolute atomic E-state index is 1.17. The first-order chi connectivity index (χ1) is 2.77. The number of rotatable bonds is 2. The highest BCUT2D eigenvalue weighted by atomic mass is 31.1. The molecule has 0 aliphatic rings. The van der Waals surface area contributed by atoms with Gasteiger partial charge in [0.25, 0.3) is 0 Å². The first-order valence-electron chi connectivity index (χ1n) is 1.21. The van der Waals surface area contributed by atoms with Crippen LogP contribution in [0.1, 0.15) is 0 Å². The summed E-state index contributed by atoms with van der Waals surface area (Å²) < 4.78 is 13.1. The monoisotopic (exact) mass is 112 g/mol. The molecule has 0 fully saturated rings. The van der Waals surface area contributed by atoms with E-state index in [1.807, 2.05) is 0 Å². The molecule has 0 aromatic rings. The zero-order valence-corrected chi connectivity index (χ0v) is 4.17. The van der Waals surface area contributed by atoms with Crippen molar-refractivity contribution in [1.82, 2.24) is 0 Å². The summed E-state index contributed by atoms with van der Waals surface area (Å²) in [6, 6.07) is 0. The van der Waals surface area contributed by atoms with Crippen molar-refractivity contribution in [3.05, 3.63) is 0 Å². The molecule has 0 spiro atoms. The van der Waals surface area contributed by atoms with Crippen molar-refractivity contribution in [3.63, 3.8) is 0 Å². The second-order valence-electron chi connectivity index (χ2n) is 0.516. The van der Waals surface area contributed by atoms with Gasteiger partial charge < -0.3 is 4.89 Å². The van der Waals surface area contributed by atoms with Gasteiger partial charge >= 0.3 is 8.25 Å². The fourth-order valence-corrected chi connectivity index (χ4v) is 0.214. The molecule has 0 aromatic carbocycles. The average molecular weight is 112 g/mol. The zero-order chi connectivity index (χ0) is 4.99. The van der Waals surface area contributed by atoms with Gasteiger partial charge in [-0.1, -0.05) is 0 Å². The molecule has 0 saturated heterocycles. The molecular formula is CH5O4P. The molecule has 1 N–H and O–H groups in total. The van der Waals surface area contributed by atoms with Gasteiger partial charge in [0.2, 0.25) is 0 Å². The molecule has 5 heteroatoms. The third kappa shape index (κ3) is 4.11. The number of hydrogen-bond acceptors (Lipinski definition) is 3. The van der Waals surface area contributed by atoms with E-state index in [2.05, 4.69) is 9.56 Å². The molecule has 6 heavy (non-hydrogen) atoms. The Balaban J connectivity index is 2.83. The molecule has 0 bridgehead atoms. The fraction of sp³-hybridized carbons (Fsp3) is 1.00. The molecule has 0 rings (SSSR count). The lowest BCUT2D eigenvalue weighted by molar-refractivity contribution is -0.179. The molecule has 0 amide bonds. The summed E-state index contributed by atoms with van der Waals surface area (Å²) in [5.74, 6) is 0. The minimum Gasteiger partial charge on any atom is -0.325 e. The Morgan fingerprint density at radius 3 is 2.33 bits per heavy atom. The van der Waals surface area contributed by atoms with Crippen molar-refractivity contribution >= 4 is 8.25 Å². The van der Waals surface area contributed by atoms with E-state index in [-0.39, 0.29) is 0 Å². The van der Waals surface area contributed by atoms with Crippen LogP contribution in [0.2, 0.25) is 0 Å². The van der Waals surface area contributed by atoms with Crippen LogP contribution >= 0.6 is 8.25 Å². The van der Waals surface area contributed by atoms with Crippen molar-refractivity contribution in [2.45, 2.75) is 0 Å². The van der Waals surface area contributed by atoms with E-state index in [1.54, 1.807) is 0 Å². The Morgan fingerprint density at radius 2 is 2.33 bits per heavy atom. The van der Waals surface area contributed by atoms with Gasteiger partial charge in [-0.25, -0.2) is 4.89 Å². The van der Waals surface area contributed by atoms with E-state index < -0.39 is 8.25 Å². The van der Waals surface area contributed by atoms with Crippen LogP contribution in [0.3, 0.4) is 0 Å². The summed E-state index contributed by atoms with van der Waals surface area (Å²) in [5, 5.41) is 0. The molecule has 4 nitrogen and oxygen atoms in total. The quantitative estimate of drug-likeness (QED) is 0.309. The Hall–Kier alpha value is 0.110. The maximum Gasteiger partial charge on any atom is 0.344 e. The smallest absolute Gasteiger partial charge is 0.325 e. The Labute approximate surface area is 35.6 Å². The predicted octanol–water partition coefficient (Wildman–Crippen LogP) is -0.0536. The predicted molar refractivity (Wildman–Crippen MR) is 19.3 cm³/mol. The highest BCUT2D eigenvalue weighted by Gasteiger charge is 1.82. The van der Waals surface area contributed by atoms with E-state index >= 15 is 0 Å². The fourth-order valence-electron chi connectivity index (χ4n) is 0.0713. The molecule has 38 valence electrons. The Morgan fingerprint density at radius 1 is 1.83 bits per heavy atom. The van der Waals surface area contributed by atoms with Gasteiger partial charge in [-0.2, -0.15) is 4.67 Å². The molecule has 0 aromatic heterocycles. The van der Waals surface area contributed by atoms with Crippen LogP contribution in [0.5, 0.6) is 0 Å². The van der Waals surface area contributed by atoms with Crippen molar-refractivity contribution < 1.29 is 19.0 Å². The van der Waals surface area contributed by atoms with Crippen molar-refractivity contribution in [2.75, 3.05) is 7.11 Å². The third-order valence-corrected chi connectivity index (χ3v) is 0.464. The van der Waals surface area contributed by atoms with Gasteiger partial charge in [0.05, 0.1) is 7.11 Å². The van der Waals surface area contributed by atoms with Crippen LogP contribution < -0.4 is 0 Å². The topological polar surface area (TPSA) is 55.8 Å². The summed E-state index contributed by atoms with van der Waals surface area (Å²) in [5.41, 5.74) is 0. The third-order valence-electron chi connectivity index (χ3n) is 0.155. The lowest BCUT2D eigenvalue weighted by atomic mass is 11.8. The van der Waals surface area contributed by atoms with Crippen LogP contribution in [0.25, 0.3) is 0 Å². The van der Waals surface area contributed by atoms with Gasteiger partial charge in [0.1, 0.15) is 0 Å². The highest BCUT2D eigenvalue weighted by Crippen LogP contribution is 2.12. The minimum atomic E-state index is -2.86. The van der Waals surface area contributed by atoms with Crippen LogP contribution in [0, 0.1) is 0 Å². The average Bonchev–Trinajstić information content (AvgIpc) is 1.35. The van der Waals surface area contributed by atoms with Gasteiger partial charge in [-0.15, -0.1) is 0 Å². The van der Waals surface area contributed by atoms with Gasteiger partial charge in [0.15, 0.2) is 0 Å². The molecule has 1 atom stereocenters. The zero-order valence-electron chi connectivity index (χ0n) is 3.17. The largest absolute Gasteiger partial charge is 0.344 e. The Bertz CT molecular complexity index is 51.5. The first kappa shape index (κ1) is 6.11. The molecule has 0 radical (unpaired) electrons. The van der Waals surface area contributed by atoms with Crippen LogP contribution in [-0.2, 0) is 14.1 Å². The number of hydrogen-bond donors (Lipinski definition) is 1. The maximum atomic E-state index is 9.44. The molecule has 0 aliphatic carbocycles. The second kappa shape index (κ2) is 3.31. The summed E-state index contributed by atoms with van der Waals surface area (Å²) in [6.07, 6.45) is 0. The first-order valence-corrected chi connectivity index (χ1v) is 2.47. The van der Waals surface area contributed by atoms with Crippen LogP contribution in [-0.4, -0.2) is 12.0 Å². The van der Waals surface area contributed by atoms with Gasteiger partial charge in [-0.3, -0.25) is 4.57 Å². The van der Waals surface area contributed by atoms with E-state index in [4.69, 9.17) is 4.89 Å². The molecule has 0 aliphatic heterocycles. The van der Waals surface area contributed by atoms with Gasteiger partial charge in [-0.05, 0) is 0 Å². The summed E-state index contributed by atoms with van der Waals surface area (Å²) in [6.45, 7) is 0. The van der Waals surface area contributed by atoms with Gasteiger partial charge in [0, 0.05) is 0 Å². The lowest BCUT2D eigenvalue weighted by Gasteiger charge is -1.86.